The Bertz CT molecular complexity index is 869. The van der Waals surface area contributed by atoms with Crippen molar-refractivity contribution < 1.29 is 14.9 Å². The minimum absolute atomic E-state index is 0.165. The number of hydrogen-bond acceptors (Lipinski definition) is 4. The molecule has 3 rings (SSSR count). The highest BCUT2D eigenvalue weighted by molar-refractivity contribution is 5.73. The van der Waals surface area contributed by atoms with E-state index in [1.54, 1.807) is 30.5 Å². The van der Waals surface area contributed by atoms with Crippen molar-refractivity contribution >= 4 is 0 Å². The third kappa shape index (κ3) is 3.27. The van der Waals surface area contributed by atoms with Gasteiger partial charge in [-0.2, -0.15) is 0 Å². The molecule has 3 N–H and O–H groups in total. The number of pyridine rings is 1. The average Bonchev–Trinajstić information content (AvgIpc) is 2.86. The van der Waals surface area contributed by atoms with Crippen LogP contribution in [0.4, 0.5) is 0 Å². The van der Waals surface area contributed by atoms with E-state index >= 15 is 0 Å². The summed E-state index contributed by atoms with van der Waals surface area (Å²) in [5.41, 5.74) is 0.581. The molecule has 2 heterocycles. The molecule has 0 spiro atoms. The Morgan fingerprint density at radius 3 is 2.69 bits per heavy atom. The molecule has 1 aliphatic rings. The number of allylic oxidation sites excluding steroid dienone is 2. The van der Waals surface area contributed by atoms with E-state index in [0.29, 0.717) is 23.7 Å². The van der Waals surface area contributed by atoms with Crippen LogP contribution in [-0.4, -0.2) is 20.8 Å². The lowest BCUT2D eigenvalue weighted by molar-refractivity contribution is -0.0293. The van der Waals surface area contributed by atoms with Gasteiger partial charge in [0.1, 0.15) is 23.2 Å². The van der Waals surface area contributed by atoms with Gasteiger partial charge < -0.3 is 19.9 Å². The largest absolute Gasteiger partial charge is 0.508 e. The van der Waals surface area contributed by atoms with Gasteiger partial charge >= 0.3 is 0 Å². The molecule has 0 unspecified atom stereocenters. The molecule has 26 heavy (non-hydrogen) atoms. The highest BCUT2D eigenvalue weighted by atomic mass is 16.5. The maximum absolute atomic E-state index is 12.4. The van der Waals surface area contributed by atoms with Crippen molar-refractivity contribution in [2.75, 3.05) is 0 Å². The van der Waals surface area contributed by atoms with E-state index in [1.165, 1.54) is 0 Å². The third-order valence-corrected chi connectivity index (χ3v) is 4.97. The molecule has 3 atom stereocenters. The summed E-state index contributed by atoms with van der Waals surface area (Å²) in [5, 5.41) is 20.4. The topological polar surface area (TPSA) is 82.5 Å². The maximum atomic E-state index is 12.4. The van der Waals surface area contributed by atoms with E-state index < -0.39 is 11.7 Å². The number of aromatic hydroxyl groups is 1. The lowest BCUT2D eigenvalue weighted by Crippen LogP contribution is -2.37. The zero-order valence-electron chi connectivity index (χ0n) is 15.3. The van der Waals surface area contributed by atoms with Crippen molar-refractivity contribution in [3.8, 4) is 22.6 Å². The minimum Gasteiger partial charge on any atom is -0.508 e. The zero-order chi connectivity index (χ0) is 18.9. The van der Waals surface area contributed by atoms with Gasteiger partial charge in [0.2, 0.25) is 0 Å². The first kappa shape index (κ1) is 18.3. The Morgan fingerprint density at radius 2 is 2.04 bits per heavy atom. The molecule has 1 aromatic carbocycles. The third-order valence-electron chi connectivity index (χ3n) is 4.97. The van der Waals surface area contributed by atoms with Gasteiger partial charge in [0.15, 0.2) is 0 Å². The zero-order valence-corrected chi connectivity index (χ0v) is 15.3. The van der Waals surface area contributed by atoms with Crippen LogP contribution in [0.25, 0.3) is 11.1 Å². The summed E-state index contributed by atoms with van der Waals surface area (Å²) >= 11 is 0. The summed E-state index contributed by atoms with van der Waals surface area (Å²) < 4.78 is 6.20. The number of aliphatic hydroxyl groups is 1. The van der Waals surface area contributed by atoms with Crippen LogP contribution in [-0.2, 0) is 0 Å². The lowest BCUT2D eigenvalue weighted by atomic mass is 9.85. The fourth-order valence-corrected chi connectivity index (χ4v) is 3.63. The first-order valence-electron chi connectivity index (χ1n) is 8.89. The molecule has 1 aliphatic heterocycles. The van der Waals surface area contributed by atoms with Crippen molar-refractivity contribution in [1.29, 1.82) is 0 Å². The van der Waals surface area contributed by atoms with Crippen LogP contribution in [0.3, 0.4) is 0 Å². The Balaban J connectivity index is 1.99. The van der Waals surface area contributed by atoms with E-state index in [9.17, 15) is 15.0 Å². The van der Waals surface area contributed by atoms with Crippen LogP contribution >= 0.6 is 0 Å². The highest BCUT2D eigenvalue weighted by Crippen LogP contribution is 2.48. The quantitative estimate of drug-likeness (QED) is 0.710. The maximum Gasteiger partial charge on any atom is 0.257 e. The number of nitrogens with one attached hydrogen (secondary N) is 1. The van der Waals surface area contributed by atoms with Gasteiger partial charge in [-0.15, -0.1) is 0 Å². The molecule has 0 aliphatic carbocycles. The van der Waals surface area contributed by atoms with Crippen molar-refractivity contribution in [3.05, 3.63) is 58.5 Å². The van der Waals surface area contributed by atoms with Gasteiger partial charge in [-0.1, -0.05) is 31.2 Å². The number of H-pyrrole nitrogens is 1. The SMILES string of the molecule is C/C=C/C[C@H](C)C[C@@]1(C)Oc2c(-c3ccc(O)cc3)c[nH]c(=O)c2[C@@H]1O. The number of aromatic amines is 1. The molecule has 5 heteroatoms. The summed E-state index contributed by atoms with van der Waals surface area (Å²) in [7, 11) is 0. The molecule has 138 valence electrons. The molecule has 0 saturated heterocycles. The molecule has 5 nitrogen and oxygen atoms in total. The number of phenols is 1. The van der Waals surface area contributed by atoms with Crippen molar-refractivity contribution in [3.63, 3.8) is 0 Å². The van der Waals surface area contributed by atoms with Crippen molar-refractivity contribution in [1.82, 2.24) is 4.98 Å². The summed E-state index contributed by atoms with van der Waals surface area (Å²) in [4.78, 5) is 15.1. The van der Waals surface area contributed by atoms with E-state index in [-0.39, 0.29) is 16.9 Å². The van der Waals surface area contributed by atoms with Gasteiger partial charge in [-0.3, -0.25) is 4.79 Å². The van der Waals surface area contributed by atoms with Crippen molar-refractivity contribution in [2.45, 2.75) is 45.3 Å². The monoisotopic (exact) mass is 355 g/mol. The Morgan fingerprint density at radius 1 is 1.35 bits per heavy atom. The number of aromatic nitrogens is 1. The number of benzene rings is 1. The van der Waals surface area contributed by atoms with Gasteiger partial charge in [-0.25, -0.2) is 0 Å². The predicted octanol–water partition coefficient (Wildman–Crippen LogP) is 3.92. The number of ether oxygens (including phenoxy) is 1. The van der Waals surface area contributed by atoms with Crippen LogP contribution in [0.5, 0.6) is 11.5 Å². The number of hydrogen-bond donors (Lipinski definition) is 3. The summed E-state index contributed by atoms with van der Waals surface area (Å²) in [6, 6.07) is 6.67. The molecule has 0 radical (unpaired) electrons. The van der Waals surface area contributed by atoms with Crippen molar-refractivity contribution in [2.24, 2.45) is 5.92 Å². The number of fused-ring (bicyclic) bond motifs is 1. The van der Waals surface area contributed by atoms with Crippen LogP contribution in [0.15, 0.2) is 47.4 Å². The van der Waals surface area contributed by atoms with Gasteiger partial charge in [-0.05, 0) is 50.3 Å². The van der Waals surface area contributed by atoms with E-state index in [1.807, 2.05) is 19.9 Å². The second kappa shape index (κ2) is 7.00. The summed E-state index contributed by atoms with van der Waals surface area (Å²) in [6.45, 7) is 5.94. The Labute approximate surface area is 153 Å². The van der Waals surface area contributed by atoms with E-state index in [4.69, 9.17) is 4.74 Å². The lowest BCUT2D eigenvalue weighted by Gasteiger charge is -2.30. The molecular weight excluding hydrogens is 330 g/mol. The number of aliphatic hydroxyl groups excluding tert-OH is 1. The van der Waals surface area contributed by atoms with Crippen LogP contribution in [0, 0.1) is 5.92 Å². The fraction of sp³-hybridized carbons (Fsp3) is 0.381. The van der Waals surface area contributed by atoms with Crippen LogP contribution < -0.4 is 10.3 Å². The molecule has 1 aromatic heterocycles. The van der Waals surface area contributed by atoms with Crippen LogP contribution in [0.1, 0.15) is 45.3 Å². The number of phenolic OH excluding ortho intramolecular Hbond substituents is 1. The molecule has 0 bridgehead atoms. The first-order chi connectivity index (χ1) is 12.4. The van der Waals surface area contributed by atoms with Gasteiger partial charge in [0.25, 0.3) is 5.56 Å². The summed E-state index contributed by atoms with van der Waals surface area (Å²) in [5.74, 6) is 0.891. The molecule has 2 aromatic rings. The average molecular weight is 355 g/mol. The smallest absolute Gasteiger partial charge is 0.257 e. The fourth-order valence-electron chi connectivity index (χ4n) is 3.63. The molecule has 0 saturated carbocycles. The standard InChI is InChI=1S/C21H25NO4/c1-4-5-6-13(2)11-21(3)19(24)17-18(26-21)16(12-22-20(17)25)14-7-9-15(23)10-8-14/h4-5,7-10,12-13,19,23-24H,6,11H2,1-3H3,(H,22,25)/b5-4+/t13-,19-,21+/m0/s1. The molecular formula is C21H25NO4. The van der Waals surface area contributed by atoms with E-state index in [2.05, 4.69) is 18.0 Å². The second-order valence-electron chi connectivity index (χ2n) is 7.25. The Hall–Kier alpha value is -2.53. The summed E-state index contributed by atoms with van der Waals surface area (Å²) in [6.07, 6.45) is 6.22. The Kier molecular flexibility index (Phi) is 4.92. The van der Waals surface area contributed by atoms with Crippen LogP contribution in [0.2, 0.25) is 0 Å². The molecule has 0 fully saturated rings. The molecule has 0 amide bonds. The normalized spacial score (nSPS) is 23.0. The predicted molar refractivity (Wildman–Crippen MR) is 101 cm³/mol. The number of rotatable bonds is 5. The second-order valence-corrected chi connectivity index (χ2v) is 7.25. The van der Waals surface area contributed by atoms with Gasteiger partial charge in [0.05, 0.1) is 5.56 Å². The first-order valence-corrected chi connectivity index (χ1v) is 8.89. The van der Waals surface area contributed by atoms with Gasteiger partial charge in [0, 0.05) is 11.8 Å². The highest BCUT2D eigenvalue weighted by Gasteiger charge is 2.47. The minimum atomic E-state index is -0.994. The van der Waals surface area contributed by atoms with E-state index in [0.717, 1.165) is 12.0 Å².